The van der Waals surface area contributed by atoms with Crippen LogP contribution in [0, 0.1) is 13.8 Å². The van der Waals surface area contributed by atoms with Crippen LogP contribution in [-0.4, -0.2) is 72.8 Å². The molecule has 2 saturated heterocycles. The third-order valence-corrected chi connectivity index (χ3v) is 7.87. The Morgan fingerprint density at radius 3 is 2.53 bits per heavy atom. The maximum atomic E-state index is 13.1. The van der Waals surface area contributed by atoms with Gasteiger partial charge in [0.1, 0.15) is 5.75 Å². The van der Waals surface area contributed by atoms with Gasteiger partial charge in [-0.2, -0.15) is 13.2 Å². The highest BCUT2D eigenvalue weighted by Gasteiger charge is 2.38. The SMILES string of the molecule is Cc1c(OCCCNCCO)ccc([C@H]2CCC[C@H]3CN(C(=O)c4ccc(C(F)(F)F)cc4)CCN32)c1C. The molecular weight excluding hydrogens is 495 g/mol. The number of ether oxygens (including phenoxy) is 1. The number of aliphatic hydroxyl groups excluding tert-OH is 1. The Morgan fingerprint density at radius 1 is 1.05 bits per heavy atom. The van der Waals surface area contributed by atoms with Crippen LogP contribution in [0.3, 0.4) is 0 Å². The molecule has 2 N–H and O–H groups in total. The van der Waals surface area contributed by atoms with Crippen molar-refractivity contribution in [1.29, 1.82) is 0 Å². The van der Waals surface area contributed by atoms with E-state index < -0.39 is 11.7 Å². The number of hydrogen-bond acceptors (Lipinski definition) is 5. The van der Waals surface area contributed by atoms with Crippen molar-refractivity contribution in [1.82, 2.24) is 15.1 Å². The molecule has 1 amide bonds. The fraction of sp³-hybridized carbons (Fsp3) is 0.552. The number of benzene rings is 2. The summed E-state index contributed by atoms with van der Waals surface area (Å²) in [5.74, 6) is 0.688. The Kier molecular flexibility index (Phi) is 9.33. The fourth-order valence-corrected chi connectivity index (χ4v) is 5.67. The smallest absolute Gasteiger partial charge is 0.416 e. The van der Waals surface area contributed by atoms with E-state index in [1.807, 2.05) is 0 Å². The Hall–Kier alpha value is -2.62. The number of hydrogen-bond donors (Lipinski definition) is 2. The Balaban J connectivity index is 1.39. The van der Waals surface area contributed by atoms with E-state index in [1.165, 1.54) is 23.3 Å². The number of carbonyl (C=O) groups excluding carboxylic acids is 1. The van der Waals surface area contributed by atoms with Crippen molar-refractivity contribution >= 4 is 5.91 Å². The molecule has 2 atom stereocenters. The quantitative estimate of drug-likeness (QED) is 0.457. The molecule has 2 aromatic carbocycles. The van der Waals surface area contributed by atoms with Crippen molar-refractivity contribution in [2.45, 2.75) is 57.8 Å². The summed E-state index contributed by atoms with van der Waals surface area (Å²) in [5.41, 5.74) is 3.22. The number of piperazine rings is 1. The Morgan fingerprint density at radius 2 is 1.82 bits per heavy atom. The van der Waals surface area contributed by atoms with Crippen molar-refractivity contribution < 1.29 is 27.8 Å². The van der Waals surface area contributed by atoms with Gasteiger partial charge in [0.2, 0.25) is 0 Å². The lowest BCUT2D eigenvalue weighted by Gasteiger charge is -2.49. The summed E-state index contributed by atoms with van der Waals surface area (Å²) in [7, 11) is 0. The number of halogens is 3. The molecule has 0 aliphatic carbocycles. The van der Waals surface area contributed by atoms with Crippen molar-refractivity contribution in [2.24, 2.45) is 0 Å². The lowest BCUT2D eigenvalue weighted by molar-refractivity contribution is -0.137. The van der Waals surface area contributed by atoms with Crippen molar-refractivity contribution in [3.05, 3.63) is 64.2 Å². The average Bonchev–Trinajstić information content (AvgIpc) is 2.91. The van der Waals surface area contributed by atoms with Crippen LogP contribution in [0.5, 0.6) is 5.75 Å². The van der Waals surface area contributed by atoms with Crippen LogP contribution in [0.1, 0.15) is 64.3 Å². The van der Waals surface area contributed by atoms with Gasteiger partial charge in [0.15, 0.2) is 0 Å². The van der Waals surface area contributed by atoms with Crippen LogP contribution in [0.4, 0.5) is 13.2 Å². The second kappa shape index (κ2) is 12.5. The lowest BCUT2D eigenvalue weighted by atomic mass is 9.86. The van der Waals surface area contributed by atoms with Crippen LogP contribution in [0.15, 0.2) is 36.4 Å². The molecule has 4 rings (SSSR count). The number of fused-ring (bicyclic) bond motifs is 1. The van der Waals surface area contributed by atoms with E-state index in [1.54, 1.807) is 4.90 Å². The van der Waals surface area contributed by atoms with Gasteiger partial charge in [0.25, 0.3) is 5.91 Å². The zero-order valence-corrected chi connectivity index (χ0v) is 22.2. The summed E-state index contributed by atoms with van der Waals surface area (Å²) in [6.45, 7) is 8.24. The monoisotopic (exact) mass is 533 g/mol. The summed E-state index contributed by atoms with van der Waals surface area (Å²) in [6.07, 6.45) is -0.438. The van der Waals surface area contributed by atoms with Gasteiger partial charge in [0, 0.05) is 43.8 Å². The molecule has 2 fully saturated rings. The van der Waals surface area contributed by atoms with Gasteiger partial charge in [-0.05, 0) is 93.1 Å². The number of amides is 1. The van der Waals surface area contributed by atoms with Crippen LogP contribution >= 0.6 is 0 Å². The van der Waals surface area contributed by atoms with E-state index in [2.05, 4.69) is 36.2 Å². The van der Waals surface area contributed by atoms with Gasteiger partial charge in [-0.3, -0.25) is 9.69 Å². The summed E-state index contributed by atoms with van der Waals surface area (Å²) < 4.78 is 44.7. The predicted octanol–water partition coefficient (Wildman–Crippen LogP) is 4.72. The number of alkyl halides is 3. The molecular formula is C29H38F3N3O3. The molecule has 6 nitrogen and oxygen atoms in total. The zero-order chi connectivity index (χ0) is 27.3. The first-order valence-corrected chi connectivity index (χ1v) is 13.5. The highest BCUT2D eigenvalue weighted by atomic mass is 19.4. The number of piperidine rings is 1. The van der Waals surface area contributed by atoms with Crippen molar-refractivity contribution in [2.75, 3.05) is 45.9 Å². The molecule has 9 heteroatoms. The second-order valence-corrected chi connectivity index (χ2v) is 10.2. The zero-order valence-electron chi connectivity index (χ0n) is 22.2. The second-order valence-electron chi connectivity index (χ2n) is 10.2. The number of rotatable bonds is 9. The van der Waals surface area contributed by atoms with Gasteiger partial charge < -0.3 is 20.1 Å². The molecule has 38 heavy (non-hydrogen) atoms. The van der Waals surface area contributed by atoms with Crippen molar-refractivity contribution in [3.8, 4) is 5.75 Å². The minimum absolute atomic E-state index is 0.132. The standard InChI is InChI=1S/C29H38F3N3O3/c1-20-21(2)27(38-18-4-13-33-14-17-36)12-11-25(20)26-6-3-5-24-19-34(15-16-35(24)26)28(37)22-7-9-23(10-8-22)29(30,31)32/h7-12,24,26,33,36H,3-6,13-19H2,1-2H3/t24-,26+/m0/s1. The molecule has 0 bridgehead atoms. The van der Waals surface area contributed by atoms with Crippen LogP contribution < -0.4 is 10.1 Å². The Labute approximate surface area is 222 Å². The minimum atomic E-state index is -4.41. The molecule has 2 aliphatic rings. The van der Waals surface area contributed by atoms with Crippen LogP contribution in [0.2, 0.25) is 0 Å². The molecule has 0 radical (unpaired) electrons. The molecule has 0 aromatic heterocycles. The van der Waals surface area contributed by atoms with Gasteiger partial charge in [-0.15, -0.1) is 0 Å². The normalized spacial score (nSPS) is 20.3. The van der Waals surface area contributed by atoms with E-state index in [4.69, 9.17) is 9.84 Å². The Bertz CT molecular complexity index is 1090. The number of nitrogens with one attached hydrogen (secondary N) is 1. The van der Waals surface area contributed by atoms with E-state index in [9.17, 15) is 18.0 Å². The van der Waals surface area contributed by atoms with E-state index in [0.717, 1.165) is 62.2 Å². The molecule has 208 valence electrons. The van der Waals surface area contributed by atoms with Gasteiger partial charge in [0.05, 0.1) is 18.8 Å². The fourth-order valence-electron chi connectivity index (χ4n) is 5.67. The van der Waals surface area contributed by atoms with Crippen molar-refractivity contribution in [3.63, 3.8) is 0 Å². The minimum Gasteiger partial charge on any atom is -0.493 e. The summed E-state index contributed by atoms with van der Waals surface area (Å²) in [5, 5.41) is 12.0. The van der Waals surface area contributed by atoms with E-state index in [0.29, 0.717) is 31.8 Å². The maximum Gasteiger partial charge on any atom is 0.416 e. The van der Waals surface area contributed by atoms with Crippen LogP contribution in [0.25, 0.3) is 0 Å². The lowest BCUT2D eigenvalue weighted by Crippen LogP contribution is -2.57. The summed E-state index contributed by atoms with van der Waals surface area (Å²) in [6, 6.07) is 9.25. The molecule has 0 spiro atoms. The summed E-state index contributed by atoms with van der Waals surface area (Å²) in [4.78, 5) is 17.4. The molecule has 0 unspecified atom stereocenters. The molecule has 2 aliphatic heterocycles. The first-order chi connectivity index (χ1) is 18.2. The molecule has 0 saturated carbocycles. The van der Waals surface area contributed by atoms with Crippen LogP contribution in [-0.2, 0) is 6.18 Å². The molecule has 2 aromatic rings. The van der Waals surface area contributed by atoms with E-state index >= 15 is 0 Å². The number of carbonyl (C=O) groups is 1. The largest absolute Gasteiger partial charge is 0.493 e. The highest BCUT2D eigenvalue weighted by molar-refractivity contribution is 5.94. The highest BCUT2D eigenvalue weighted by Crippen LogP contribution is 2.39. The van der Waals surface area contributed by atoms with E-state index in [-0.39, 0.29) is 24.6 Å². The summed E-state index contributed by atoms with van der Waals surface area (Å²) >= 11 is 0. The topological polar surface area (TPSA) is 65.0 Å². The third-order valence-electron chi connectivity index (χ3n) is 7.87. The maximum absolute atomic E-state index is 13.1. The van der Waals surface area contributed by atoms with Gasteiger partial charge >= 0.3 is 6.18 Å². The first kappa shape index (κ1) is 28.4. The first-order valence-electron chi connectivity index (χ1n) is 13.5. The number of aliphatic hydroxyl groups is 1. The average molecular weight is 534 g/mol. The predicted molar refractivity (Wildman–Crippen MR) is 140 cm³/mol. The van der Waals surface area contributed by atoms with Gasteiger partial charge in [-0.1, -0.05) is 6.07 Å². The third kappa shape index (κ3) is 6.50. The molecule has 2 heterocycles. The number of nitrogens with zero attached hydrogens (tertiary/aromatic N) is 2. The van der Waals surface area contributed by atoms with Gasteiger partial charge in [-0.25, -0.2) is 0 Å².